The van der Waals surface area contributed by atoms with E-state index in [0.29, 0.717) is 17.1 Å². The maximum absolute atomic E-state index is 15.6. The van der Waals surface area contributed by atoms with E-state index in [0.717, 1.165) is 72.6 Å². The van der Waals surface area contributed by atoms with Crippen molar-refractivity contribution in [2.75, 3.05) is 9.80 Å². The topological polar surface area (TPSA) is 33.5 Å². The molecule has 10 rings (SSSR count). The van der Waals surface area contributed by atoms with Gasteiger partial charge in [0.2, 0.25) is 0 Å². The van der Waals surface area contributed by atoms with E-state index in [1.807, 2.05) is 19.2 Å². The minimum atomic E-state index is -0.469. The van der Waals surface area contributed by atoms with Gasteiger partial charge in [-0.1, -0.05) is 130 Å². The summed E-state index contributed by atoms with van der Waals surface area (Å²) >= 11 is 0. The van der Waals surface area contributed by atoms with Crippen LogP contribution in [0.2, 0.25) is 0 Å². The molecule has 9 aromatic rings. The maximum atomic E-state index is 15.6. The van der Waals surface area contributed by atoms with Crippen LogP contribution in [0.1, 0.15) is 133 Å². The number of anilines is 4. The SMILES string of the molecule is Cc1c(-c2cc(F)ccc2F)cc(C(C)C)c(N2[CH-]N(c3[c-]c(Oc4[c-]c5c(cc4)c4ccccc4n5-c4cc(C(C)(C)C)ccn4)cc(-c4c(C(C)C)cccc4C(C)C)c3)c3ccccc32)c1C(C)C.[Pt]. The van der Waals surface area contributed by atoms with Gasteiger partial charge < -0.3 is 19.1 Å². The summed E-state index contributed by atoms with van der Waals surface area (Å²) in [6.45, 7) is 28.5. The van der Waals surface area contributed by atoms with Gasteiger partial charge in [0.25, 0.3) is 0 Å². The van der Waals surface area contributed by atoms with Crippen molar-refractivity contribution in [2.24, 2.45) is 0 Å². The molecule has 8 heteroatoms. The Kier molecular flexibility index (Phi) is 14.1. The Morgan fingerprint density at radius 2 is 1.29 bits per heavy atom. The molecule has 0 saturated heterocycles. The fraction of sp³-hybridized carbons (Fsp3) is 0.262. The van der Waals surface area contributed by atoms with Crippen LogP contribution in [-0.2, 0) is 26.5 Å². The number of para-hydroxylation sites is 3. The quantitative estimate of drug-likeness (QED) is 0.121. The predicted octanol–water partition coefficient (Wildman–Crippen LogP) is 18.7. The Labute approximate surface area is 445 Å². The number of rotatable bonds is 11. The Hall–Kier alpha value is -6.56. The van der Waals surface area contributed by atoms with Crippen LogP contribution in [0.3, 0.4) is 0 Å². The van der Waals surface area contributed by atoms with Crippen molar-refractivity contribution in [3.05, 3.63) is 197 Å². The number of ether oxygens (including phenoxy) is 1. The van der Waals surface area contributed by atoms with Crippen molar-refractivity contribution in [3.63, 3.8) is 0 Å². The van der Waals surface area contributed by atoms with Gasteiger partial charge in [-0.2, -0.15) is 6.07 Å². The van der Waals surface area contributed by atoms with Gasteiger partial charge in [-0.15, -0.1) is 53.6 Å². The van der Waals surface area contributed by atoms with Crippen LogP contribution in [0, 0.1) is 37.4 Å². The smallest absolute Gasteiger partial charge is 0.135 e. The summed E-state index contributed by atoms with van der Waals surface area (Å²) in [6, 6.07) is 49.5. The first-order valence-corrected chi connectivity index (χ1v) is 25.4. The van der Waals surface area contributed by atoms with E-state index in [4.69, 9.17) is 9.72 Å². The van der Waals surface area contributed by atoms with Gasteiger partial charge in [-0.25, -0.2) is 13.8 Å². The van der Waals surface area contributed by atoms with Crippen molar-refractivity contribution in [3.8, 4) is 39.6 Å². The van der Waals surface area contributed by atoms with Crippen LogP contribution in [0.15, 0.2) is 134 Å². The van der Waals surface area contributed by atoms with Crippen molar-refractivity contribution in [1.82, 2.24) is 9.55 Å². The molecule has 1 aliphatic rings. The average molecular weight is 1150 g/mol. The van der Waals surface area contributed by atoms with Gasteiger partial charge in [-0.05, 0) is 141 Å². The van der Waals surface area contributed by atoms with Crippen LogP contribution in [0.4, 0.5) is 31.5 Å². The molecular formula is C65H63F2N4OPt-3. The van der Waals surface area contributed by atoms with Gasteiger partial charge in [0.05, 0.1) is 0 Å². The Bertz CT molecular complexity index is 3520. The molecule has 5 nitrogen and oxygen atoms in total. The zero-order chi connectivity index (χ0) is 50.9. The number of fused-ring (bicyclic) bond motifs is 4. The molecule has 0 saturated carbocycles. The summed E-state index contributed by atoms with van der Waals surface area (Å²) < 4.78 is 39.7. The summed E-state index contributed by atoms with van der Waals surface area (Å²) in [5.74, 6) is 1.62. The maximum Gasteiger partial charge on any atom is 0.135 e. The first-order valence-electron chi connectivity index (χ1n) is 25.4. The van der Waals surface area contributed by atoms with E-state index in [9.17, 15) is 4.39 Å². The molecule has 0 atom stereocenters. The third-order valence-corrected chi connectivity index (χ3v) is 14.3. The van der Waals surface area contributed by atoms with Gasteiger partial charge >= 0.3 is 0 Å². The molecular weight excluding hydrogens is 1090 g/mol. The van der Waals surface area contributed by atoms with E-state index in [1.54, 1.807) is 0 Å². The number of hydrogen-bond donors (Lipinski definition) is 0. The molecule has 0 aliphatic carbocycles. The summed E-state index contributed by atoms with van der Waals surface area (Å²) in [7, 11) is 0. The largest absolute Gasteiger partial charge is 0.509 e. The van der Waals surface area contributed by atoms with Gasteiger partial charge in [-0.3, -0.25) is 0 Å². The zero-order valence-electron chi connectivity index (χ0n) is 43.9. The van der Waals surface area contributed by atoms with E-state index < -0.39 is 11.6 Å². The fourth-order valence-electron chi connectivity index (χ4n) is 10.7. The number of halogens is 2. The van der Waals surface area contributed by atoms with E-state index in [2.05, 4.69) is 212 Å². The van der Waals surface area contributed by atoms with Crippen molar-refractivity contribution >= 4 is 44.6 Å². The van der Waals surface area contributed by atoms with Gasteiger partial charge in [0.15, 0.2) is 0 Å². The van der Waals surface area contributed by atoms with Crippen LogP contribution in [0.25, 0.3) is 49.9 Å². The molecule has 0 N–H and O–H groups in total. The van der Waals surface area contributed by atoms with Crippen molar-refractivity contribution in [2.45, 2.75) is 112 Å². The second-order valence-corrected chi connectivity index (χ2v) is 21.6. The summed E-state index contributed by atoms with van der Waals surface area (Å²) in [4.78, 5) is 9.41. The molecule has 0 unspecified atom stereocenters. The van der Waals surface area contributed by atoms with Crippen molar-refractivity contribution < 1.29 is 34.6 Å². The molecule has 0 fully saturated rings. The Balaban J connectivity index is 0.00000656. The first-order chi connectivity index (χ1) is 34.4. The van der Waals surface area contributed by atoms with Crippen LogP contribution in [0.5, 0.6) is 11.5 Å². The van der Waals surface area contributed by atoms with Crippen molar-refractivity contribution in [1.29, 1.82) is 0 Å². The summed E-state index contributed by atoms with van der Waals surface area (Å²) in [6.07, 6.45) is 1.89. The molecule has 7 aromatic carbocycles. The second kappa shape index (κ2) is 20.0. The molecule has 0 bridgehead atoms. The monoisotopic (exact) mass is 1150 g/mol. The average Bonchev–Trinajstić information content (AvgIpc) is 3.90. The number of hydrogen-bond acceptors (Lipinski definition) is 4. The molecule has 73 heavy (non-hydrogen) atoms. The molecule has 0 amide bonds. The first kappa shape index (κ1) is 51.3. The van der Waals surface area contributed by atoms with Crippen LogP contribution >= 0.6 is 0 Å². The number of benzene rings is 7. The summed E-state index contributed by atoms with van der Waals surface area (Å²) in [5, 5.41) is 2.17. The van der Waals surface area contributed by atoms with E-state index in [-0.39, 0.29) is 55.7 Å². The third kappa shape index (κ3) is 9.39. The minimum absolute atomic E-state index is 0. The van der Waals surface area contributed by atoms with E-state index >= 15 is 4.39 Å². The number of nitrogens with zero attached hydrogens (tertiary/aromatic N) is 4. The molecule has 2 aromatic heterocycles. The predicted molar refractivity (Wildman–Crippen MR) is 295 cm³/mol. The zero-order valence-corrected chi connectivity index (χ0v) is 46.1. The van der Waals surface area contributed by atoms with Gasteiger partial charge in [0.1, 0.15) is 17.5 Å². The Morgan fingerprint density at radius 3 is 1.96 bits per heavy atom. The normalized spacial score (nSPS) is 12.8. The molecule has 3 heterocycles. The van der Waals surface area contributed by atoms with Crippen LogP contribution in [-0.4, -0.2) is 9.55 Å². The molecule has 1 aliphatic heterocycles. The van der Waals surface area contributed by atoms with Crippen LogP contribution < -0.4 is 14.5 Å². The Morgan fingerprint density at radius 1 is 0.616 bits per heavy atom. The summed E-state index contributed by atoms with van der Waals surface area (Å²) in [5.41, 5.74) is 15.6. The number of aromatic nitrogens is 2. The third-order valence-electron chi connectivity index (χ3n) is 14.3. The molecule has 376 valence electrons. The standard InChI is InChI=1S/C65H63F2N4O.Pt/c1-38(2)49-19-17-20-50(39(3)4)63(49)43-30-46(34-48(31-43)72-47-25-26-52-51-18-13-14-21-57(51)71(60(52)35-47)61-32-44(28-29-68-61)65(10,11)12)69-37-70(59-23-16-15-22-58(59)69)64-53(40(5)6)36-54(42(9)62(64)41(7)8)55-33-45(66)24-27-56(55)67;/h13-33,36-41H,1-12H3;/q-3;. The second-order valence-electron chi connectivity index (χ2n) is 21.6. The molecule has 0 radical (unpaired) electrons. The van der Waals surface area contributed by atoms with E-state index in [1.165, 1.54) is 40.5 Å². The minimum Gasteiger partial charge on any atom is -0.509 e. The fourth-order valence-corrected chi connectivity index (χ4v) is 10.7. The molecule has 0 spiro atoms. The van der Waals surface area contributed by atoms with Gasteiger partial charge in [0, 0.05) is 66.9 Å². The number of pyridine rings is 1.